The van der Waals surface area contributed by atoms with Crippen molar-refractivity contribution in [3.05, 3.63) is 58.7 Å². The molecule has 1 amide bonds. The van der Waals surface area contributed by atoms with E-state index in [0.717, 1.165) is 42.8 Å². The fourth-order valence-corrected chi connectivity index (χ4v) is 5.04. The first kappa shape index (κ1) is 23.2. The molecule has 1 fully saturated rings. The van der Waals surface area contributed by atoms with Crippen LogP contribution in [0.4, 0.5) is 0 Å². The van der Waals surface area contributed by atoms with Crippen LogP contribution < -0.4 is 14.8 Å². The summed E-state index contributed by atoms with van der Waals surface area (Å²) in [7, 11) is -0.646. The highest BCUT2D eigenvalue weighted by Gasteiger charge is 2.25. The van der Waals surface area contributed by atoms with E-state index in [1.165, 1.54) is 13.1 Å². The van der Waals surface area contributed by atoms with E-state index in [0.29, 0.717) is 17.7 Å². The van der Waals surface area contributed by atoms with Crippen LogP contribution in [0, 0.1) is 13.8 Å². The molecule has 0 bridgehead atoms. The molecule has 0 spiro atoms. The summed E-state index contributed by atoms with van der Waals surface area (Å²) in [5, 5.41) is 3.02. The highest BCUT2D eigenvalue weighted by atomic mass is 32.2. The van der Waals surface area contributed by atoms with Gasteiger partial charge in [0.2, 0.25) is 10.0 Å². The van der Waals surface area contributed by atoms with Gasteiger partial charge >= 0.3 is 0 Å². The molecule has 1 saturated heterocycles. The topological polar surface area (TPSA) is 87.7 Å². The van der Waals surface area contributed by atoms with Crippen molar-refractivity contribution in [3.8, 4) is 5.75 Å². The van der Waals surface area contributed by atoms with Crippen LogP contribution in [0.2, 0.25) is 0 Å². The van der Waals surface area contributed by atoms with Crippen LogP contribution in [0.25, 0.3) is 0 Å². The zero-order valence-corrected chi connectivity index (χ0v) is 19.4. The van der Waals surface area contributed by atoms with Gasteiger partial charge in [0.05, 0.1) is 18.0 Å². The smallest absolute Gasteiger partial charge is 0.251 e. The number of likely N-dealkylation sites (tertiary alicyclic amines) is 1. The maximum Gasteiger partial charge on any atom is 0.251 e. The minimum atomic E-state index is -3.65. The molecule has 7 nitrogen and oxygen atoms in total. The average Bonchev–Trinajstić information content (AvgIpc) is 3.30. The van der Waals surface area contributed by atoms with Crippen LogP contribution in [-0.4, -0.2) is 53.0 Å². The van der Waals surface area contributed by atoms with Crippen LogP contribution >= 0.6 is 0 Å². The number of aryl methyl sites for hydroxylation is 1. The number of rotatable bonds is 8. The third-order valence-corrected chi connectivity index (χ3v) is 7.52. The zero-order chi connectivity index (χ0) is 22.6. The number of benzene rings is 2. The lowest BCUT2D eigenvalue weighted by atomic mass is 10.0. The molecule has 1 heterocycles. The number of nitrogens with one attached hydrogen (secondary N) is 2. The maximum atomic E-state index is 13.0. The minimum absolute atomic E-state index is 0.0458. The fourth-order valence-electron chi connectivity index (χ4n) is 3.98. The molecule has 8 heteroatoms. The summed E-state index contributed by atoms with van der Waals surface area (Å²) in [6, 6.07) is 11.1. The lowest BCUT2D eigenvalue weighted by Gasteiger charge is -2.28. The first-order valence-corrected chi connectivity index (χ1v) is 12.0. The van der Waals surface area contributed by atoms with Gasteiger partial charge < -0.3 is 10.1 Å². The summed E-state index contributed by atoms with van der Waals surface area (Å²) in [4.78, 5) is 15.5. The maximum absolute atomic E-state index is 13.0. The van der Waals surface area contributed by atoms with Crippen molar-refractivity contribution in [2.24, 2.45) is 0 Å². The Morgan fingerprint density at radius 3 is 2.35 bits per heavy atom. The number of methoxy groups -OCH3 is 1. The molecule has 2 aromatic rings. The number of amides is 1. The Hall–Kier alpha value is -2.42. The third-order valence-electron chi connectivity index (χ3n) is 5.98. The highest BCUT2D eigenvalue weighted by Crippen LogP contribution is 2.27. The van der Waals surface area contributed by atoms with E-state index in [1.807, 2.05) is 31.2 Å². The summed E-state index contributed by atoms with van der Waals surface area (Å²) in [5.74, 6) is 0.509. The van der Waals surface area contributed by atoms with Gasteiger partial charge in [0.15, 0.2) is 0 Å². The van der Waals surface area contributed by atoms with Crippen molar-refractivity contribution < 1.29 is 17.9 Å². The summed E-state index contributed by atoms with van der Waals surface area (Å²) in [6.45, 7) is 5.97. The number of carbonyl (C=O) groups excluding carboxylic acids is 1. The van der Waals surface area contributed by atoms with Gasteiger partial charge in [-0.2, -0.15) is 0 Å². The lowest BCUT2D eigenvalue weighted by molar-refractivity contribution is 0.0937. The van der Waals surface area contributed by atoms with Crippen molar-refractivity contribution in [2.45, 2.75) is 37.6 Å². The van der Waals surface area contributed by atoms with E-state index >= 15 is 0 Å². The van der Waals surface area contributed by atoms with E-state index < -0.39 is 10.0 Å². The van der Waals surface area contributed by atoms with Crippen molar-refractivity contribution in [1.82, 2.24) is 14.9 Å². The van der Waals surface area contributed by atoms with E-state index in [1.54, 1.807) is 20.1 Å². The molecule has 2 aromatic carbocycles. The van der Waals surface area contributed by atoms with Crippen molar-refractivity contribution >= 4 is 15.9 Å². The van der Waals surface area contributed by atoms with Crippen LogP contribution in [0.1, 0.15) is 45.9 Å². The molecular formula is C23H31N3O4S. The average molecular weight is 446 g/mol. The summed E-state index contributed by atoms with van der Waals surface area (Å²) in [6.07, 6.45) is 2.28. The van der Waals surface area contributed by atoms with Gasteiger partial charge in [0, 0.05) is 12.1 Å². The molecular weight excluding hydrogens is 414 g/mol. The Labute approximate surface area is 184 Å². The van der Waals surface area contributed by atoms with Gasteiger partial charge in [-0.05, 0) is 87.8 Å². The molecule has 1 aliphatic heterocycles. The van der Waals surface area contributed by atoms with Crippen molar-refractivity contribution in [3.63, 3.8) is 0 Å². The van der Waals surface area contributed by atoms with Crippen LogP contribution in [0.15, 0.2) is 41.3 Å². The second-order valence-electron chi connectivity index (χ2n) is 7.87. The second-order valence-corrected chi connectivity index (χ2v) is 9.72. The van der Waals surface area contributed by atoms with E-state index in [9.17, 15) is 13.2 Å². The van der Waals surface area contributed by atoms with Gasteiger partial charge in [0.1, 0.15) is 5.75 Å². The largest absolute Gasteiger partial charge is 0.497 e. The fraction of sp³-hybridized carbons (Fsp3) is 0.435. The summed E-state index contributed by atoms with van der Waals surface area (Å²) in [5.41, 5.74) is 2.85. The predicted octanol–water partition coefficient (Wildman–Crippen LogP) is 2.79. The molecule has 0 aliphatic carbocycles. The highest BCUT2D eigenvalue weighted by molar-refractivity contribution is 7.89. The van der Waals surface area contributed by atoms with E-state index in [-0.39, 0.29) is 16.8 Å². The first-order chi connectivity index (χ1) is 14.8. The van der Waals surface area contributed by atoms with Crippen molar-refractivity contribution in [2.75, 3.05) is 33.8 Å². The molecule has 31 heavy (non-hydrogen) atoms. The molecule has 1 aliphatic rings. The Kier molecular flexibility index (Phi) is 7.35. The Bertz CT molecular complexity index is 1030. The van der Waals surface area contributed by atoms with Gasteiger partial charge in [-0.1, -0.05) is 12.1 Å². The normalized spacial score (nSPS) is 15.6. The summed E-state index contributed by atoms with van der Waals surface area (Å²) < 4.78 is 32.3. The van der Waals surface area contributed by atoms with Crippen LogP contribution in [-0.2, 0) is 10.0 Å². The molecule has 0 aromatic heterocycles. The molecule has 3 rings (SSSR count). The van der Waals surface area contributed by atoms with E-state index in [4.69, 9.17) is 4.74 Å². The first-order valence-electron chi connectivity index (χ1n) is 10.5. The number of hydrogen-bond donors (Lipinski definition) is 2. The Morgan fingerprint density at radius 2 is 1.77 bits per heavy atom. The van der Waals surface area contributed by atoms with Crippen molar-refractivity contribution in [1.29, 1.82) is 0 Å². The molecule has 1 atom stereocenters. The zero-order valence-electron chi connectivity index (χ0n) is 18.6. The number of hydrogen-bond acceptors (Lipinski definition) is 5. The Morgan fingerprint density at radius 1 is 1.13 bits per heavy atom. The number of ether oxygens (including phenoxy) is 1. The SMILES string of the molecule is CNS(=O)(=O)c1cc(C(=O)NC[C@@H](c2ccc(OC)cc2)N2CCCC2)cc(C)c1C. The number of carbonyl (C=O) groups is 1. The number of sulfonamides is 1. The summed E-state index contributed by atoms with van der Waals surface area (Å²) >= 11 is 0. The number of nitrogens with zero attached hydrogens (tertiary/aromatic N) is 1. The van der Waals surface area contributed by atoms with Crippen LogP contribution in [0.5, 0.6) is 5.75 Å². The predicted molar refractivity (Wildman–Crippen MR) is 121 cm³/mol. The molecule has 2 N–H and O–H groups in total. The molecule has 0 saturated carbocycles. The third kappa shape index (κ3) is 5.26. The van der Waals surface area contributed by atoms with Gasteiger partial charge in [0.25, 0.3) is 5.91 Å². The quantitative estimate of drug-likeness (QED) is 0.652. The molecule has 0 unspecified atom stereocenters. The van der Waals surface area contributed by atoms with Gasteiger partial charge in [-0.3, -0.25) is 9.69 Å². The van der Waals surface area contributed by atoms with E-state index in [2.05, 4.69) is 14.9 Å². The second kappa shape index (κ2) is 9.80. The molecule has 0 radical (unpaired) electrons. The van der Waals surface area contributed by atoms with Gasteiger partial charge in [-0.25, -0.2) is 13.1 Å². The lowest BCUT2D eigenvalue weighted by Crippen LogP contribution is -2.37. The minimum Gasteiger partial charge on any atom is -0.497 e. The Balaban J connectivity index is 1.82. The van der Waals surface area contributed by atoms with Crippen LogP contribution in [0.3, 0.4) is 0 Å². The standard InChI is InChI=1S/C23H31N3O4S/c1-16-13-19(14-22(17(16)2)31(28,29)24-3)23(27)25-15-21(26-11-5-6-12-26)18-7-9-20(30-4)10-8-18/h7-10,13-14,21,24H,5-6,11-12,15H2,1-4H3,(H,25,27)/t21-/m0/s1. The monoisotopic (exact) mass is 445 g/mol. The molecule has 168 valence electrons. The van der Waals surface area contributed by atoms with Gasteiger partial charge in [-0.15, -0.1) is 0 Å².